The number of nitrogens with zero attached hydrogens (tertiary/aromatic N) is 2. The minimum absolute atomic E-state index is 0.0710. The first-order valence-electron chi connectivity index (χ1n) is 9.82. The summed E-state index contributed by atoms with van der Waals surface area (Å²) in [6.07, 6.45) is 0.914. The van der Waals surface area contributed by atoms with E-state index in [1.807, 2.05) is 36.4 Å². The molecule has 0 saturated heterocycles. The van der Waals surface area contributed by atoms with Crippen LogP contribution in [0.3, 0.4) is 0 Å². The molecule has 6 nitrogen and oxygen atoms in total. The second-order valence-corrected chi connectivity index (χ2v) is 9.36. The molecule has 0 saturated carbocycles. The van der Waals surface area contributed by atoms with Gasteiger partial charge in [-0.1, -0.05) is 30.3 Å². The molecule has 1 aliphatic heterocycles. The lowest BCUT2D eigenvalue weighted by Gasteiger charge is -2.23. The fourth-order valence-corrected chi connectivity index (χ4v) is 4.79. The van der Waals surface area contributed by atoms with Crippen molar-refractivity contribution in [2.75, 3.05) is 30.4 Å². The molecule has 0 spiro atoms. The van der Waals surface area contributed by atoms with Crippen LogP contribution < -0.4 is 10.2 Å². The fraction of sp³-hybridized carbons (Fsp3) is 0.174. The second-order valence-electron chi connectivity index (χ2n) is 7.31. The molecule has 0 fully saturated rings. The van der Waals surface area contributed by atoms with Gasteiger partial charge in [-0.05, 0) is 54.4 Å². The van der Waals surface area contributed by atoms with Gasteiger partial charge >= 0.3 is 0 Å². The Labute approximate surface area is 181 Å². The van der Waals surface area contributed by atoms with Crippen LogP contribution in [0.2, 0.25) is 0 Å². The first-order valence-corrected chi connectivity index (χ1v) is 11.3. The van der Waals surface area contributed by atoms with Crippen LogP contribution in [0, 0.1) is 5.82 Å². The molecular formula is C23H22FN3O3S. The van der Waals surface area contributed by atoms with Crippen molar-refractivity contribution in [3.8, 4) is 0 Å². The molecule has 0 unspecified atom stereocenters. The number of nitrogens with one attached hydrogen (secondary N) is 1. The second kappa shape index (κ2) is 8.49. The predicted molar refractivity (Wildman–Crippen MR) is 118 cm³/mol. The number of carbonyl (C=O) groups is 1. The standard InChI is InChI=1S/C23H22FN3O3S/c1-26(31(29,30)19-12-10-18(24)11-13-19)16-23(28)25-20-7-3-5-9-22(20)27-15-14-17-6-2-4-8-21(17)27/h2-13H,14-16H2,1H3,(H,25,28). The zero-order valence-electron chi connectivity index (χ0n) is 17.0. The van der Waals surface area contributed by atoms with Crippen LogP contribution in [-0.4, -0.2) is 38.8 Å². The number of likely N-dealkylation sites (N-methyl/N-ethyl adjacent to an activating group) is 1. The third-order valence-corrected chi connectivity index (χ3v) is 7.06. The molecule has 1 heterocycles. The van der Waals surface area contributed by atoms with Crippen molar-refractivity contribution in [3.63, 3.8) is 0 Å². The fourth-order valence-electron chi connectivity index (χ4n) is 3.67. The van der Waals surface area contributed by atoms with E-state index in [-0.39, 0.29) is 11.4 Å². The number of sulfonamides is 1. The Kier molecular flexibility index (Phi) is 5.75. The number of hydrogen-bond donors (Lipinski definition) is 1. The summed E-state index contributed by atoms with van der Waals surface area (Å²) in [6.45, 7) is 0.426. The number of fused-ring (bicyclic) bond motifs is 1. The Morgan fingerprint density at radius 1 is 1.00 bits per heavy atom. The van der Waals surface area contributed by atoms with Crippen molar-refractivity contribution in [1.82, 2.24) is 4.31 Å². The largest absolute Gasteiger partial charge is 0.339 e. The van der Waals surface area contributed by atoms with Crippen molar-refractivity contribution in [1.29, 1.82) is 0 Å². The molecule has 0 aromatic heterocycles. The summed E-state index contributed by atoms with van der Waals surface area (Å²) in [7, 11) is -2.59. The lowest BCUT2D eigenvalue weighted by atomic mass is 10.2. The highest BCUT2D eigenvalue weighted by atomic mass is 32.2. The first kappa shape index (κ1) is 21.0. The molecule has 160 valence electrons. The number of halogens is 1. The van der Waals surface area contributed by atoms with E-state index in [1.165, 1.54) is 24.7 Å². The van der Waals surface area contributed by atoms with E-state index >= 15 is 0 Å². The monoisotopic (exact) mass is 439 g/mol. The Bertz CT molecular complexity index is 1210. The van der Waals surface area contributed by atoms with Crippen molar-refractivity contribution in [2.24, 2.45) is 0 Å². The van der Waals surface area contributed by atoms with Gasteiger partial charge in [-0.3, -0.25) is 4.79 Å². The molecule has 1 N–H and O–H groups in total. The Hall–Kier alpha value is -3.23. The van der Waals surface area contributed by atoms with Gasteiger partial charge in [0.1, 0.15) is 5.82 Å². The summed E-state index contributed by atoms with van der Waals surface area (Å²) < 4.78 is 39.4. The van der Waals surface area contributed by atoms with Crippen LogP contribution in [-0.2, 0) is 21.2 Å². The van der Waals surface area contributed by atoms with Crippen LogP contribution in [0.5, 0.6) is 0 Å². The highest BCUT2D eigenvalue weighted by molar-refractivity contribution is 7.89. The Morgan fingerprint density at radius 3 is 2.39 bits per heavy atom. The quantitative estimate of drug-likeness (QED) is 0.635. The van der Waals surface area contributed by atoms with Gasteiger partial charge in [-0.2, -0.15) is 4.31 Å². The van der Waals surface area contributed by atoms with Gasteiger partial charge in [0, 0.05) is 19.3 Å². The van der Waals surface area contributed by atoms with Crippen LogP contribution in [0.1, 0.15) is 5.56 Å². The zero-order chi connectivity index (χ0) is 22.0. The number of amides is 1. The summed E-state index contributed by atoms with van der Waals surface area (Å²) in [6, 6.07) is 20.1. The molecule has 4 rings (SSSR count). The van der Waals surface area contributed by atoms with Crippen molar-refractivity contribution >= 4 is 33.0 Å². The number of hydrogen-bond acceptors (Lipinski definition) is 4. The number of para-hydroxylation sites is 3. The van der Waals surface area contributed by atoms with E-state index < -0.39 is 21.7 Å². The summed E-state index contributed by atoms with van der Waals surface area (Å²) in [5.74, 6) is -0.993. The zero-order valence-corrected chi connectivity index (χ0v) is 17.8. The van der Waals surface area contributed by atoms with Crippen LogP contribution in [0.25, 0.3) is 0 Å². The van der Waals surface area contributed by atoms with Crippen LogP contribution >= 0.6 is 0 Å². The number of carbonyl (C=O) groups excluding carboxylic acids is 1. The van der Waals surface area contributed by atoms with Crippen molar-refractivity contribution in [3.05, 3.63) is 84.2 Å². The van der Waals surface area contributed by atoms with E-state index in [0.717, 1.165) is 40.8 Å². The SMILES string of the molecule is CN(CC(=O)Nc1ccccc1N1CCc2ccccc21)S(=O)(=O)c1ccc(F)cc1. The highest BCUT2D eigenvalue weighted by Crippen LogP contribution is 2.38. The summed E-state index contributed by atoms with van der Waals surface area (Å²) in [4.78, 5) is 14.7. The van der Waals surface area contributed by atoms with Crippen molar-refractivity contribution in [2.45, 2.75) is 11.3 Å². The molecule has 3 aromatic rings. The summed E-state index contributed by atoms with van der Waals surface area (Å²) in [5.41, 5.74) is 3.80. The number of rotatable bonds is 6. The Morgan fingerprint density at radius 2 is 1.65 bits per heavy atom. The summed E-state index contributed by atoms with van der Waals surface area (Å²) in [5, 5.41) is 2.84. The highest BCUT2D eigenvalue weighted by Gasteiger charge is 2.25. The Balaban J connectivity index is 1.50. The van der Waals surface area contributed by atoms with Gasteiger partial charge < -0.3 is 10.2 Å². The third kappa shape index (κ3) is 4.30. The maximum absolute atomic E-state index is 13.1. The van der Waals surface area contributed by atoms with E-state index in [9.17, 15) is 17.6 Å². The van der Waals surface area contributed by atoms with E-state index in [2.05, 4.69) is 16.3 Å². The van der Waals surface area contributed by atoms with Crippen LogP contribution in [0.15, 0.2) is 77.7 Å². The maximum atomic E-state index is 13.1. The minimum Gasteiger partial charge on any atom is -0.339 e. The van der Waals surface area contributed by atoms with Gasteiger partial charge in [0.05, 0.1) is 22.8 Å². The number of anilines is 3. The molecule has 0 radical (unpaired) electrons. The van der Waals surface area contributed by atoms with Gasteiger partial charge in [0.2, 0.25) is 15.9 Å². The summed E-state index contributed by atoms with van der Waals surface area (Å²) >= 11 is 0. The predicted octanol–water partition coefficient (Wildman–Crippen LogP) is 3.78. The molecule has 1 aliphatic rings. The molecular weight excluding hydrogens is 417 g/mol. The number of benzene rings is 3. The average Bonchev–Trinajstić information content (AvgIpc) is 3.18. The van der Waals surface area contributed by atoms with Gasteiger partial charge in [-0.25, -0.2) is 12.8 Å². The first-order chi connectivity index (χ1) is 14.9. The molecule has 3 aromatic carbocycles. The van der Waals surface area contributed by atoms with E-state index in [4.69, 9.17) is 0 Å². The normalized spacial score (nSPS) is 13.3. The molecule has 0 atom stereocenters. The molecule has 0 aliphatic carbocycles. The van der Waals surface area contributed by atoms with Crippen molar-refractivity contribution < 1.29 is 17.6 Å². The average molecular weight is 440 g/mol. The van der Waals surface area contributed by atoms with Gasteiger partial charge in [0.25, 0.3) is 0 Å². The molecule has 1 amide bonds. The third-order valence-electron chi connectivity index (χ3n) is 5.24. The molecule has 8 heteroatoms. The lowest BCUT2D eigenvalue weighted by Crippen LogP contribution is -2.35. The van der Waals surface area contributed by atoms with Gasteiger partial charge in [0.15, 0.2) is 0 Å². The lowest BCUT2D eigenvalue weighted by molar-refractivity contribution is -0.116. The van der Waals surface area contributed by atoms with Crippen LogP contribution in [0.4, 0.5) is 21.5 Å². The molecule has 31 heavy (non-hydrogen) atoms. The maximum Gasteiger partial charge on any atom is 0.243 e. The molecule has 0 bridgehead atoms. The van der Waals surface area contributed by atoms with E-state index in [1.54, 1.807) is 6.07 Å². The van der Waals surface area contributed by atoms with Gasteiger partial charge in [-0.15, -0.1) is 0 Å². The minimum atomic E-state index is -3.91. The van der Waals surface area contributed by atoms with E-state index in [0.29, 0.717) is 5.69 Å². The smallest absolute Gasteiger partial charge is 0.243 e. The topological polar surface area (TPSA) is 69.7 Å².